The highest BCUT2D eigenvalue weighted by molar-refractivity contribution is 7.93. The maximum absolute atomic E-state index is 11.8. The lowest BCUT2D eigenvalue weighted by molar-refractivity contribution is -0.698. The monoisotopic (exact) mass is 273 g/mol. The summed E-state index contributed by atoms with van der Waals surface area (Å²) >= 11 is -0.690. The lowest BCUT2D eigenvalue weighted by Crippen LogP contribution is -3.01. The largest absolute Gasteiger partial charge is 0.621 e. The van der Waals surface area contributed by atoms with E-state index < -0.39 is 34.4 Å². The third-order valence-electron chi connectivity index (χ3n) is 2.47. The van der Waals surface area contributed by atoms with Gasteiger partial charge in [-0.15, -0.1) is 0 Å². The summed E-state index contributed by atoms with van der Waals surface area (Å²) in [5.41, 5.74) is -4.56. The lowest BCUT2D eigenvalue weighted by atomic mass is 10.1. The fourth-order valence-electron chi connectivity index (χ4n) is 1.69. The normalized spacial score (nSPS) is 19.3. The molecule has 0 radical (unpaired) electrons. The van der Waals surface area contributed by atoms with Crippen LogP contribution in [0.15, 0.2) is 0 Å². The quantitative estimate of drug-likeness (QED) is 0.465. The molecule has 0 aromatic heterocycles. The van der Waals surface area contributed by atoms with Gasteiger partial charge in [0.2, 0.25) is 0 Å². The van der Waals surface area contributed by atoms with Gasteiger partial charge >= 0.3 is 11.5 Å². The first-order valence-electron chi connectivity index (χ1n) is 5.33. The van der Waals surface area contributed by atoms with E-state index in [0.717, 1.165) is 25.7 Å². The summed E-state index contributed by atoms with van der Waals surface area (Å²) in [7, 11) is 0. The highest BCUT2D eigenvalue weighted by Gasteiger charge is 2.35. The van der Waals surface area contributed by atoms with Gasteiger partial charge in [-0.05, 0) is 12.8 Å². The Morgan fingerprint density at radius 1 is 1.41 bits per heavy atom. The predicted molar refractivity (Wildman–Crippen MR) is 55.8 cm³/mol. The molecular weight excluding hydrogens is 259 g/mol. The van der Waals surface area contributed by atoms with E-state index in [-0.39, 0.29) is 12.5 Å². The molecule has 0 saturated heterocycles. The zero-order chi connectivity index (χ0) is 12.9. The van der Waals surface area contributed by atoms with Gasteiger partial charge in [-0.2, -0.15) is 13.2 Å². The Morgan fingerprint density at radius 3 is 2.53 bits per heavy atom. The van der Waals surface area contributed by atoms with E-state index in [0.29, 0.717) is 0 Å². The van der Waals surface area contributed by atoms with Crippen molar-refractivity contribution in [3.8, 4) is 0 Å². The number of esters is 1. The summed E-state index contributed by atoms with van der Waals surface area (Å²) in [5, 5.41) is 10.8. The van der Waals surface area contributed by atoms with Crippen molar-refractivity contribution in [2.45, 2.75) is 31.2 Å². The number of halogens is 3. The number of ether oxygens (including phenoxy) is 1. The summed E-state index contributed by atoms with van der Waals surface area (Å²) in [6.07, 6.45) is 3.49. The molecule has 1 unspecified atom stereocenters. The number of hydrogen-bond donors (Lipinski definition) is 1. The molecule has 1 aliphatic carbocycles. The van der Waals surface area contributed by atoms with Gasteiger partial charge in [0.25, 0.3) is 0 Å². The number of rotatable bonds is 5. The first-order chi connectivity index (χ1) is 7.88. The third kappa shape index (κ3) is 6.13. The van der Waals surface area contributed by atoms with Crippen LogP contribution in [0.4, 0.5) is 13.2 Å². The highest BCUT2D eigenvalue weighted by Crippen LogP contribution is 2.26. The van der Waals surface area contributed by atoms with Gasteiger partial charge in [0.05, 0.1) is 5.92 Å². The second-order valence-corrected chi connectivity index (χ2v) is 4.94. The Labute approximate surface area is 101 Å². The molecule has 1 atom stereocenters. The van der Waals surface area contributed by atoms with Gasteiger partial charge in [0.15, 0.2) is 11.9 Å². The van der Waals surface area contributed by atoms with Crippen LogP contribution < -0.4 is 4.47 Å². The summed E-state index contributed by atoms with van der Waals surface area (Å²) in [6.45, 7) is -0.667. The zero-order valence-corrected chi connectivity index (χ0v) is 9.90. The molecule has 4 nitrogen and oxygen atoms in total. The van der Waals surface area contributed by atoms with Gasteiger partial charge in [-0.25, -0.2) is 0 Å². The van der Waals surface area contributed by atoms with Crippen LogP contribution in [0.1, 0.15) is 25.7 Å². The van der Waals surface area contributed by atoms with Crippen LogP contribution in [0.5, 0.6) is 0 Å². The van der Waals surface area contributed by atoms with E-state index in [1.54, 1.807) is 0 Å². The molecule has 1 N–H and O–H groups in total. The van der Waals surface area contributed by atoms with Crippen LogP contribution in [0.3, 0.4) is 0 Å². The fraction of sp³-hybridized carbons (Fsp3) is 0.889. The number of alkyl halides is 3. The molecule has 1 saturated carbocycles. The molecule has 0 aromatic rings. The minimum absolute atomic E-state index is 0.139. The lowest BCUT2D eigenvalue weighted by Gasteiger charge is -2.20. The van der Waals surface area contributed by atoms with E-state index in [1.807, 2.05) is 0 Å². The smallest absolute Gasteiger partial charge is 0.496 e. The average Bonchev–Trinajstić information content (AvgIpc) is 2.66. The van der Waals surface area contributed by atoms with Crippen LogP contribution >= 0.6 is 11.9 Å². The molecule has 0 heterocycles. The molecule has 1 rings (SSSR count). The molecule has 17 heavy (non-hydrogen) atoms. The van der Waals surface area contributed by atoms with E-state index in [1.165, 1.54) is 0 Å². The van der Waals surface area contributed by atoms with Crippen LogP contribution in [0.2, 0.25) is 0 Å². The predicted octanol–water partition coefficient (Wildman–Crippen LogP) is 1.27. The zero-order valence-electron chi connectivity index (χ0n) is 9.09. The molecule has 8 heteroatoms. The summed E-state index contributed by atoms with van der Waals surface area (Å²) in [5.74, 6) is -0.535. The Bertz CT molecular complexity index is 256. The van der Waals surface area contributed by atoms with Gasteiger partial charge in [-0.3, -0.25) is 9.26 Å². The van der Waals surface area contributed by atoms with Crippen LogP contribution in [0, 0.1) is 11.1 Å². The van der Waals surface area contributed by atoms with E-state index in [4.69, 9.17) is 4.74 Å². The first-order valence-corrected chi connectivity index (χ1v) is 6.15. The maximum Gasteiger partial charge on any atom is 0.496 e. The third-order valence-corrected chi connectivity index (χ3v) is 3.13. The van der Waals surface area contributed by atoms with Crippen molar-refractivity contribution in [1.29, 1.82) is 0 Å². The van der Waals surface area contributed by atoms with Crippen molar-refractivity contribution in [2.24, 2.45) is 5.92 Å². The van der Waals surface area contributed by atoms with Crippen molar-refractivity contribution < 1.29 is 27.2 Å². The summed E-state index contributed by atoms with van der Waals surface area (Å²) in [6, 6.07) is 0. The number of nitrogens with one attached hydrogen (secondary N) is 1. The molecule has 0 bridgehead atoms. The Morgan fingerprint density at radius 2 is 2.00 bits per heavy atom. The van der Waals surface area contributed by atoms with Gasteiger partial charge in [-0.1, -0.05) is 12.8 Å². The number of quaternary nitrogens is 1. The molecule has 0 amide bonds. The second kappa shape index (κ2) is 6.46. The fourth-order valence-corrected chi connectivity index (χ4v) is 2.14. The number of carbonyl (C=O) groups is 1. The van der Waals surface area contributed by atoms with E-state index in [9.17, 15) is 23.2 Å². The SMILES string of the molecule is O=C(OCC[NH+]([O-])SC(F)(F)F)C1CCCC1. The van der Waals surface area contributed by atoms with Gasteiger partial charge in [0, 0.05) is 0 Å². The molecule has 100 valence electrons. The average molecular weight is 273 g/mol. The minimum atomic E-state index is -4.56. The van der Waals surface area contributed by atoms with E-state index >= 15 is 0 Å². The second-order valence-electron chi connectivity index (χ2n) is 3.82. The van der Waals surface area contributed by atoms with Crippen molar-refractivity contribution in [2.75, 3.05) is 13.2 Å². The standard InChI is InChI=1S/C9H14F3NO3S/c10-9(11,12)17-13(15)5-6-16-8(14)7-3-1-2-4-7/h7,13H,1-6H2. The molecule has 0 spiro atoms. The topological polar surface area (TPSA) is 53.8 Å². The Balaban J connectivity index is 2.12. The molecular formula is C9H14F3NO3S. The molecule has 1 fully saturated rings. The van der Waals surface area contributed by atoms with Gasteiger partial charge < -0.3 is 9.94 Å². The van der Waals surface area contributed by atoms with E-state index in [2.05, 4.69) is 0 Å². The molecule has 0 aliphatic heterocycles. The summed E-state index contributed by atoms with van der Waals surface area (Å²) < 4.78 is 39.1. The number of carbonyl (C=O) groups excluding carboxylic acids is 1. The molecule has 1 aliphatic rings. The van der Waals surface area contributed by atoms with Crippen LogP contribution in [0.25, 0.3) is 0 Å². The van der Waals surface area contributed by atoms with Crippen LogP contribution in [-0.2, 0) is 9.53 Å². The highest BCUT2D eigenvalue weighted by atomic mass is 32.2. The van der Waals surface area contributed by atoms with Crippen molar-refractivity contribution >= 4 is 17.9 Å². The van der Waals surface area contributed by atoms with Crippen molar-refractivity contribution in [3.05, 3.63) is 5.21 Å². The maximum atomic E-state index is 11.8. The van der Waals surface area contributed by atoms with Gasteiger partial charge in [0.1, 0.15) is 13.2 Å². The van der Waals surface area contributed by atoms with Crippen molar-refractivity contribution in [3.63, 3.8) is 0 Å². The Kier molecular flexibility index (Phi) is 5.54. The minimum Gasteiger partial charge on any atom is -0.621 e. The number of hydroxylamine groups is 1. The summed E-state index contributed by atoms with van der Waals surface area (Å²) in [4.78, 5) is 11.3. The first kappa shape index (κ1) is 14.6. The van der Waals surface area contributed by atoms with Crippen LogP contribution in [-0.4, -0.2) is 24.6 Å². The van der Waals surface area contributed by atoms with Crippen molar-refractivity contribution in [1.82, 2.24) is 0 Å². The molecule has 0 aromatic carbocycles. The Hall–Kier alpha value is -0.470. The number of hydrogen-bond acceptors (Lipinski definition) is 4.